The van der Waals surface area contributed by atoms with Crippen molar-refractivity contribution in [3.8, 4) is 0 Å². The minimum Gasteiger partial charge on any atom is -0.478 e. The molecule has 2 rings (SSSR count). The van der Waals surface area contributed by atoms with Crippen LogP contribution in [0.1, 0.15) is 20.8 Å². The van der Waals surface area contributed by atoms with Crippen LogP contribution in [-0.4, -0.2) is 27.2 Å². The number of H-pyrrole nitrogens is 1. The molecule has 3 N–H and O–H groups in total. The Morgan fingerprint density at radius 2 is 2.11 bits per heavy atom. The number of nitrogens with one attached hydrogen (secondary N) is 2. The number of aromatic amines is 1. The summed E-state index contributed by atoms with van der Waals surface area (Å²) in [5.41, 5.74) is 0.578. The van der Waals surface area contributed by atoms with E-state index in [1.807, 2.05) is 0 Å². The fourth-order valence-electron chi connectivity index (χ4n) is 1.37. The number of aromatic carboxylic acids is 1. The Morgan fingerprint density at radius 3 is 2.72 bits per heavy atom. The van der Waals surface area contributed by atoms with Gasteiger partial charge in [0.15, 0.2) is 0 Å². The van der Waals surface area contributed by atoms with E-state index in [2.05, 4.69) is 15.5 Å². The van der Waals surface area contributed by atoms with Crippen molar-refractivity contribution < 1.29 is 14.7 Å². The Bertz CT molecular complexity index is 596. The van der Waals surface area contributed by atoms with Gasteiger partial charge in [0.05, 0.1) is 5.56 Å². The second kappa shape index (κ2) is 4.89. The molecule has 0 aliphatic rings. The largest absolute Gasteiger partial charge is 0.478 e. The van der Waals surface area contributed by atoms with Gasteiger partial charge in [-0.1, -0.05) is 11.6 Å². The SMILES string of the molecule is O=C(O)c1cc(Cl)cc(NC(=O)c2ccn[nH]2)c1. The molecule has 92 valence electrons. The van der Waals surface area contributed by atoms with E-state index < -0.39 is 11.9 Å². The van der Waals surface area contributed by atoms with Crippen molar-refractivity contribution in [2.75, 3.05) is 5.32 Å². The van der Waals surface area contributed by atoms with E-state index in [9.17, 15) is 9.59 Å². The van der Waals surface area contributed by atoms with Gasteiger partial charge >= 0.3 is 5.97 Å². The molecule has 1 heterocycles. The Hall–Kier alpha value is -2.34. The maximum absolute atomic E-state index is 11.7. The molecule has 1 aromatic carbocycles. The Morgan fingerprint density at radius 1 is 1.33 bits per heavy atom. The number of halogens is 1. The highest BCUT2D eigenvalue weighted by atomic mass is 35.5. The van der Waals surface area contributed by atoms with Gasteiger partial charge in [0.1, 0.15) is 5.69 Å². The van der Waals surface area contributed by atoms with Gasteiger partial charge in [-0.2, -0.15) is 5.10 Å². The maximum atomic E-state index is 11.7. The van der Waals surface area contributed by atoms with Crippen LogP contribution in [0.5, 0.6) is 0 Å². The molecule has 7 heteroatoms. The molecule has 0 spiro atoms. The summed E-state index contributed by atoms with van der Waals surface area (Å²) in [6.45, 7) is 0. The topological polar surface area (TPSA) is 95.1 Å². The zero-order chi connectivity index (χ0) is 13.1. The first kappa shape index (κ1) is 12.1. The summed E-state index contributed by atoms with van der Waals surface area (Å²) in [5.74, 6) is -1.54. The van der Waals surface area contributed by atoms with E-state index in [-0.39, 0.29) is 16.3 Å². The van der Waals surface area contributed by atoms with Gasteiger partial charge in [0.2, 0.25) is 0 Å². The van der Waals surface area contributed by atoms with Crippen LogP contribution in [0.15, 0.2) is 30.5 Å². The van der Waals surface area contributed by atoms with Gasteiger partial charge in [-0.3, -0.25) is 9.89 Å². The third-order valence-electron chi connectivity index (χ3n) is 2.15. The number of carbonyl (C=O) groups excluding carboxylic acids is 1. The third kappa shape index (κ3) is 2.67. The highest BCUT2D eigenvalue weighted by Gasteiger charge is 2.10. The van der Waals surface area contributed by atoms with Crippen LogP contribution in [0.2, 0.25) is 5.02 Å². The lowest BCUT2D eigenvalue weighted by molar-refractivity contribution is 0.0696. The fourth-order valence-corrected chi connectivity index (χ4v) is 1.60. The molecule has 0 bridgehead atoms. The fraction of sp³-hybridized carbons (Fsp3) is 0. The van der Waals surface area contributed by atoms with E-state index in [0.717, 1.165) is 0 Å². The Kier molecular flexibility index (Phi) is 3.29. The van der Waals surface area contributed by atoms with Crippen molar-refractivity contribution >= 4 is 29.2 Å². The first-order valence-corrected chi connectivity index (χ1v) is 5.28. The minimum absolute atomic E-state index is 0.00223. The Balaban J connectivity index is 2.24. The summed E-state index contributed by atoms with van der Waals surface area (Å²) >= 11 is 5.77. The first-order chi connectivity index (χ1) is 8.56. The summed E-state index contributed by atoms with van der Waals surface area (Å²) in [5, 5.41) is 17.8. The number of hydrogen-bond acceptors (Lipinski definition) is 3. The molecule has 0 saturated heterocycles. The van der Waals surface area contributed by atoms with E-state index >= 15 is 0 Å². The molecule has 0 saturated carbocycles. The van der Waals surface area contributed by atoms with Crippen LogP contribution in [0.4, 0.5) is 5.69 Å². The number of carbonyl (C=O) groups is 2. The molecule has 0 aliphatic heterocycles. The van der Waals surface area contributed by atoms with E-state index in [1.165, 1.54) is 30.5 Å². The standard InChI is InChI=1S/C11H8ClN3O3/c12-7-3-6(11(17)18)4-8(5-7)14-10(16)9-1-2-13-15-9/h1-5H,(H,13,15)(H,14,16)(H,17,18). The van der Waals surface area contributed by atoms with Crippen LogP contribution < -0.4 is 5.32 Å². The smallest absolute Gasteiger partial charge is 0.335 e. The number of benzene rings is 1. The van der Waals surface area contributed by atoms with Crippen LogP contribution in [-0.2, 0) is 0 Å². The van der Waals surface area contributed by atoms with Gasteiger partial charge in [-0.05, 0) is 24.3 Å². The van der Waals surface area contributed by atoms with Crippen molar-refractivity contribution in [2.24, 2.45) is 0 Å². The number of nitrogens with zero attached hydrogens (tertiary/aromatic N) is 1. The van der Waals surface area contributed by atoms with E-state index in [0.29, 0.717) is 5.69 Å². The van der Waals surface area contributed by atoms with Crippen molar-refractivity contribution in [3.05, 3.63) is 46.7 Å². The van der Waals surface area contributed by atoms with Crippen LogP contribution in [0.25, 0.3) is 0 Å². The predicted octanol–water partition coefficient (Wildman–Crippen LogP) is 2.01. The van der Waals surface area contributed by atoms with Crippen molar-refractivity contribution in [3.63, 3.8) is 0 Å². The number of amides is 1. The van der Waals surface area contributed by atoms with Crippen LogP contribution in [0, 0.1) is 0 Å². The average molecular weight is 266 g/mol. The number of carboxylic acid groups (broad SMARTS) is 1. The molecular weight excluding hydrogens is 258 g/mol. The lowest BCUT2D eigenvalue weighted by atomic mass is 10.2. The maximum Gasteiger partial charge on any atom is 0.335 e. The van der Waals surface area contributed by atoms with Gasteiger partial charge in [0.25, 0.3) is 5.91 Å². The normalized spacial score (nSPS) is 10.1. The van der Waals surface area contributed by atoms with Gasteiger partial charge in [-0.15, -0.1) is 0 Å². The molecule has 6 nitrogen and oxygen atoms in total. The van der Waals surface area contributed by atoms with Crippen molar-refractivity contribution in [2.45, 2.75) is 0 Å². The van der Waals surface area contributed by atoms with Gasteiger partial charge in [0, 0.05) is 16.9 Å². The lowest BCUT2D eigenvalue weighted by Crippen LogP contribution is -2.13. The number of anilines is 1. The number of aromatic nitrogens is 2. The molecule has 0 atom stereocenters. The number of rotatable bonds is 3. The molecule has 0 radical (unpaired) electrons. The second-order valence-corrected chi connectivity index (χ2v) is 3.89. The average Bonchev–Trinajstić information content (AvgIpc) is 2.81. The van der Waals surface area contributed by atoms with Crippen molar-refractivity contribution in [1.29, 1.82) is 0 Å². The molecule has 1 amide bonds. The number of hydrogen-bond donors (Lipinski definition) is 3. The van der Waals surface area contributed by atoms with Crippen LogP contribution >= 0.6 is 11.6 Å². The van der Waals surface area contributed by atoms with Crippen molar-refractivity contribution in [1.82, 2.24) is 10.2 Å². The monoisotopic (exact) mass is 265 g/mol. The molecule has 0 fully saturated rings. The summed E-state index contributed by atoms with van der Waals surface area (Å²) in [4.78, 5) is 22.5. The first-order valence-electron chi connectivity index (χ1n) is 4.91. The highest BCUT2D eigenvalue weighted by Crippen LogP contribution is 2.19. The summed E-state index contributed by atoms with van der Waals surface area (Å²) < 4.78 is 0. The zero-order valence-corrected chi connectivity index (χ0v) is 9.73. The summed E-state index contributed by atoms with van der Waals surface area (Å²) in [7, 11) is 0. The Labute approximate surface area is 107 Å². The lowest BCUT2D eigenvalue weighted by Gasteiger charge is -2.05. The van der Waals surface area contributed by atoms with E-state index in [4.69, 9.17) is 16.7 Å². The molecule has 0 unspecified atom stereocenters. The van der Waals surface area contributed by atoms with Gasteiger partial charge in [-0.25, -0.2) is 4.79 Å². The second-order valence-electron chi connectivity index (χ2n) is 3.46. The third-order valence-corrected chi connectivity index (χ3v) is 2.37. The minimum atomic E-state index is -1.12. The van der Waals surface area contributed by atoms with E-state index in [1.54, 1.807) is 0 Å². The molecule has 0 aliphatic carbocycles. The van der Waals surface area contributed by atoms with Crippen LogP contribution in [0.3, 0.4) is 0 Å². The van der Waals surface area contributed by atoms with Gasteiger partial charge < -0.3 is 10.4 Å². The molecule has 1 aromatic heterocycles. The molecular formula is C11H8ClN3O3. The molecule has 18 heavy (non-hydrogen) atoms. The zero-order valence-electron chi connectivity index (χ0n) is 8.98. The number of carboxylic acids is 1. The summed E-state index contributed by atoms with van der Waals surface area (Å²) in [6, 6.07) is 5.58. The highest BCUT2D eigenvalue weighted by molar-refractivity contribution is 6.31. The molecule has 2 aromatic rings. The quantitative estimate of drug-likeness (QED) is 0.791. The summed E-state index contributed by atoms with van der Waals surface area (Å²) in [6.07, 6.45) is 1.44. The predicted molar refractivity (Wildman–Crippen MR) is 65.0 cm³/mol.